The highest BCUT2D eigenvalue weighted by atomic mass is 19.1. The molecule has 3 nitrogen and oxygen atoms in total. The molecule has 96 valence electrons. The van der Waals surface area contributed by atoms with Crippen molar-refractivity contribution in [2.45, 2.75) is 13.1 Å². The lowest BCUT2D eigenvalue weighted by Gasteiger charge is -2.05. The lowest BCUT2D eigenvalue weighted by Crippen LogP contribution is -2.01. The lowest BCUT2D eigenvalue weighted by molar-refractivity contribution is 0.601. The van der Waals surface area contributed by atoms with Crippen LogP contribution >= 0.6 is 0 Å². The Balaban J connectivity index is 2.09. The quantitative estimate of drug-likeness (QED) is 0.782. The molecule has 0 saturated carbocycles. The highest BCUT2D eigenvalue weighted by Crippen LogP contribution is 2.20. The van der Waals surface area contributed by atoms with Crippen LogP contribution in [-0.4, -0.2) is 9.55 Å². The number of pyridine rings is 1. The van der Waals surface area contributed by atoms with Gasteiger partial charge in [0.15, 0.2) is 0 Å². The first kappa shape index (κ1) is 11.9. The molecule has 19 heavy (non-hydrogen) atoms. The molecule has 3 aromatic rings. The second-order valence-electron chi connectivity index (χ2n) is 4.45. The van der Waals surface area contributed by atoms with E-state index in [2.05, 4.69) is 4.98 Å². The summed E-state index contributed by atoms with van der Waals surface area (Å²) in [5.74, 6) is -0.199. The van der Waals surface area contributed by atoms with Crippen molar-refractivity contribution >= 4 is 11.0 Å². The van der Waals surface area contributed by atoms with E-state index < -0.39 is 0 Å². The van der Waals surface area contributed by atoms with Crippen LogP contribution in [0.15, 0.2) is 48.8 Å². The molecule has 0 radical (unpaired) electrons. The number of hydrogen-bond acceptors (Lipinski definition) is 2. The van der Waals surface area contributed by atoms with Crippen LogP contribution in [0.1, 0.15) is 11.1 Å². The molecule has 2 N–H and O–H groups in total. The Hall–Kier alpha value is -2.20. The SMILES string of the molecule is NCc1cn(Cc2ccccc2F)c2ncccc12. The van der Waals surface area contributed by atoms with Gasteiger partial charge in [0.1, 0.15) is 11.5 Å². The fraction of sp³-hybridized carbons (Fsp3) is 0.133. The van der Waals surface area contributed by atoms with E-state index in [9.17, 15) is 4.39 Å². The van der Waals surface area contributed by atoms with Crippen molar-refractivity contribution in [3.05, 3.63) is 65.7 Å². The summed E-state index contributed by atoms with van der Waals surface area (Å²) in [6.45, 7) is 0.909. The fourth-order valence-corrected chi connectivity index (χ4v) is 2.29. The van der Waals surface area contributed by atoms with Crippen LogP contribution < -0.4 is 5.73 Å². The third kappa shape index (κ3) is 2.11. The van der Waals surface area contributed by atoms with E-state index in [0.29, 0.717) is 18.7 Å². The smallest absolute Gasteiger partial charge is 0.140 e. The molecule has 0 amide bonds. The largest absolute Gasteiger partial charge is 0.328 e. The van der Waals surface area contributed by atoms with Crippen LogP contribution in [-0.2, 0) is 13.1 Å². The van der Waals surface area contributed by atoms with Gasteiger partial charge in [-0.15, -0.1) is 0 Å². The van der Waals surface area contributed by atoms with Gasteiger partial charge in [0, 0.05) is 29.9 Å². The molecular weight excluding hydrogens is 241 g/mol. The summed E-state index contributed by atoms with van der Waals surface area (Å²) in [6, 6.07) is 10.7. The topological polar surface area (TPSA) is 43.8 Å². The maximum Gasteiger partial charge on any atom is 0.140 e. The van der Waals surface area contributed by atoms with E-state index in [4.69, 9.17) is 5.73 Å². The molecule has 4 heteroatoms. The third-order valence-corrected chi connectivity index (χ3v) is 3.23. The molecule has 3 rings (SSSR count). The molecule has 1 aromatic carbocycles. The second-order valence-corrected chi connectivity index (χ2v) is 4.45. The minimum absolute atomic E-state index is 0.199. The minimum atomic E-state index is -0.199. The molecule has 0 unspecified atom stereocenters. The highest BCUT2D eigenvalue weighted by Gasteiger charge is 2.09. The number of hydrogen-bond donors (Lipinski definition) is 1. The van der Waals surface area contributed by atoms with Crippen molar-refractivity contribution < 1.29 is 4.39 Å². The van der Waals surface area contributed by atoms with E-state index in [1.54, 1.807) is 18.3 Å². The molecule has 0 spiro atoms. The van der Waals surface area contributed by atoms with Crippen LogP contribution in [0.3, 0.4) is 0 Å². The van der Waals surface area contributed by atoms with Gasteiger partial charge in [-0.2, -0.15) is 0 Å². The molecule has 0 bridgehead atoms. The summed E-state index contributed by atoms with van der Waals surface area (Å²) in [6.07, 6.45) is 3.69. The maximum absolute atomic E-state index is 13.7. The van der Waals surface area contributed by atoms with E-state index >= 15 is 0 Å². The fourth-order valence-electron chi connectivity index (χ4n) is 2.29. The van der Waals surface area contributed by atoms with Gasteiger partial charge in [0.05, 0.1) is 6.54 Å². The molecule has 0 aliphatic heterocycles. The average molecular weight is 255 g/mol. The molecule has 0 aliphatic carbocycles. The highest BCUT2D eigenvalue weighted by molar-refractivity contribution is 5.80. The van der Waals surface area contributed by atoms with Crippen LogP contribution in [0.25, 0.3) is 11.0 Å². The van der Waals surface area contributed by atoms with E-state index in [-0.39, 0.29) is 5.82 Å². The third-order valence-electron chi connectivity index (χ3n) is 3.23. The Morgan fingerprint density at radius 2 is 1.95 bits per heavy atom. The number of benzene rings is 1. The molecule has 0 aliphatic rings. The van der Waals surface area contributed by atoms with Crippen LogP contribution in [0.5, 0.6) is 0 Å². The average Bonchev–Trinajstić information content (AvgIpc) is 2.80. The predicted molar refractivity (Wildman–Crippen MR) is 73.1 cm³/mol. The van der Waals surface area contributed by atoms with E-state index in [1.165, 1.54) is 6.07 Å². The Bertz CT molecular complexity index is 718. The first-order valence-electron chi connectivity index (χ1n) is 6.16. The first-order valence-corrected chi connectivity index (χ1v) is 6.16. The van der Waals surface area contributed by atoms with Crippen LogP contribution in [0.2, 0.25) is 0 Å². The van der Waals surface area contributed by atoms with E-state index in [0.717, 1.165) is 16.6 Å². The summed E-state index contributed by atoms with van der Waals surface area (Å²) in [5, 5.41) is 1.03. The number of fused-ring (bicyclic) bond motifs is 1. The second kappa shape index (κ2) is 4.82. The van der Waals surface area contributed by atoms with E-state index in [1.807, 2.05) is 29.0 Å². The number of nitrogens with two attached hydrogens (primary N) is 1. The normalized spacial score (nSPS) is 11.1. The Labute approximate surface area is 110 Å². The summed E-state index contributed by atoms with van der Waals surface area (Å²) < 4.78 is 15.6. The lowest BCUT2D eigenvalue weighted by atomic mass is 10.2. The number of nitrogens with zero attached hydrogens (tertiary/aromatic N) is 2. The van der Waals surface area contributed by atoms with Crippen LogP contribution in [0, 0.1) is 5.82 Å². The summed E-state index contributed by atoms with van der Waals surface area (Å²) in [4.78, 5) is 4.36. The summed E-state index contributed by atoms with van der Waals surface area (Å²) in [7, 11) is 0. The van der Waals surface area contributed by atoms with Crippen molar-refractivity contribution in [1.82, 2.24) is 9.55 Å². The number of aromatic nitrogens is 2. The summed E-state index contributed by atoms with van der Waals surface area (Å²) in [5.41, 5.74) is 8.25. The molecule has 0 atom stereocenters. The van der Waals surface area contributed by atoms with Crippen molar-refractivity contribution in [2.75, 3.05) is 0 Å². The zero-order valence-corrected chi connectivity index (χ0v) is 10.4. The van der Waals surface area contributed by atoms with Crippen molar-refractivity contribution in [2.24, 2.45) is 5.73 Å². The van der Waals surface area contributed by atoms with Crippen LogP contribution in [0.4, 0.5) is 4.39 Å². The molecule has 2 heterocycles. The first-order chi connectivity index (χ1) is 9.29. The van der Waals surface area contributed by atoms with Gasteiger partial charge in [0.25, 0.3) is 0 Å². The minimum Gasteiger partial charge on any atom is -0.328 e. The standard InChI is InChI=1S/C15H14FN3/c16-14-6-2-1-4-11(14)9-19-10-12(8-17)13-5-3-7-18-15(13)19/h1-7,10H,8-9,17H2. The predicted octanol–water partition coefficient (Wildman–Crippen LogP) is 2.68. The van der Waals surface area contributed by atoms with Gasteiger partial charge in [0.2, 0.25) is 0 Å². The number of halogens is 1. The molecular formula is C15H14FN3. The molecule has 0 fully saturated rings. The zero-order valence-electron chi connectivity index (χ0n) is 10.4. The van der Waals surface area contributed by atoms with Gasteiger partial charge in [-0.25, -0.2) is 9.37 Å². The van der Waals surface area contributed by atoms with Gasteiger partial charge >= 0.3 is 0 Å². The van der Waals surface area contributed by atoms with Gasteiger partial charge in [-0.1, -0.05) is 18.2 Å². The monoisotopic (exact) mass is 255 g/mol. The van der Waals surface area contributed by atoms with Gasteiger partial charge < -0.3 is 10.3 Å². The summed E-state index contributed by atoms with van der Waals surface area (Å²) >= 11 is 0. The molecule has 2 aromatic heterocycles. The van der Waals surface area contributed by atoms with Crippen molar-refractivity contribution in [3.8, 4) is 0 Å². The van der Waals surface area contributed by atoms with Gasteiger partial charge in [-0.05, 0) is 23.8 Å². The zero-order chi connectivity index (χ0) is 13.2. The Kier molecular flexibility index (Phi) is 3.01. The maximum atomic E-state index is 13.7. The Morgan fingerprint density at radius 3 is 2.74 bits per heavy atom. The van der Waals surface area contributed by atoms with Gasteiger partial charge in [-0.3, -0.25) is 0 Å². The van der Waals surface area contributed by atoms with Crippen molar-refractivity contribution in [3.63, 3.8) is 0 Å². The Morgan fingerprint density at radius 1 is 1.11 bits per heavy atom. The number of rotatable bonds is 3. The van der Waals surface area contributed by atoms with Crippen molar-refractivity contribution in [1.29, 1.82) is 0 Å². The molecule has 0 saturated heterocycles.